The van der Waals surface area contributed by atoms with Crippen LogP contribution in [0.5, 0.6) is 0 Å². The molecule has 156 valence electrons. The molecule has 1 aliphatic heterocycles. The van der Waals surface area contributed by atoms with Gasteiger partial charge >= 0.3 is 0 Å². The minimum absolute atomic E-state index is 0.0592. The highest BCUT2D eigenvalue weighted by Crippen LogP contribution is 2.51. The normalized spacial score (nSPS) is 31.6. The van der Waals surface area contributed by atoms with E-state index in [1.165, 1.54) is 5.57 Å². The molecule has 0 bridgehead atoms. The molecular formula is C23H34O5. The van der Waals surface area contributed by atoms with Crippen molar-refractivity contribution in [2.24, 2.45) is 11.8 Å². The molecule has 0 radical (unpaired) electrons. The van der Waals surface area contributed by atoms with Crippen LogP contribution in [0, 0.1) is 11.8 Å². The number of carbonyl (C=O) groups is 2. The molecule has 3 aliphatic rings. The van der Waals surface area contributed by atoms with Crippen LogP contribution in [0.3, 0.4) is 0 Å². The summed E-state index contributed by atoms with van der Waals surface area (Å²) in [4.78, 5) is 23.5. The number of rotatable bonds is 8. The SMILES string of the molecule is CC(=O)COC(C)CCCC(C)C1=CC[C@]2(C)OC3=C(C[C@H]12)C(=O)[C@@H](O)CC3. The predicted molar refractivity (Wildman–Crippen MR) is 107 cm³/mol. The summed E-state index contributed by atoms with van der Waals surface area (Å²) in [5.74, 6) is 1.36. The Morgan fingerprint density at radius 2 is 2.14 bits per heavy atom. The first kappa shape index (κ1) is 21.3. The Morgan fingerprint density at radius 1 is 1.39 bits per heavy atom. The Labute approximate surface area is 168 Å². The van der Waals surface area contributed by atoms with E-state index in [9.17, 15) is 14.7 Å². The van der Waals surface area contributed by atoms with Crippen molar-refractivity contribution in [3.8, 4) is 0 Å². The van der Waals surface area contributed by atoms with Crippen molar-refractivity contribution in [2.45, 2.75) is 90.4 Å². The Morgan fingerprint density at radius 3 is 2.86 bits per heavy atom. The van der Waals surface area contributed by atoms with Crippen molar-refractivity contribution in [1.82, 2.24) is 0 Å². The number of carbonyl (C=O) groups excluding carboxylic acids is 2. The number of aliphatic hydroxyl groups excluding tert-OH is 1. The second-order valence-electron chi connectivity index (χ2n) is 9.06. The molecule has 5 heteroatoms. The summed E-state index contributed by atoms with van der Waals surface area (Å²) < 4.78 is 11.9. The van der Waals surface area contributed by atoms with E-state index in [4.69, 9.17) is 9.47 Å². The van der Waals surface area contributed by atoms with Crippen molar-refractivity contribution in [1.29, 1.82) is 0 Å². The summed E-state index contributed by atoms with van der Waals surface area (Å²) in [7, 11) is 0. The highest BCUT2D eigenvalue weighted by atomic mass is 16.5. The number of aliphatic hydroxyl groups is 1. The lowest BCUT2D eigenvalue weighted by atomic mass is 9.73. The minimum atomic E-state index is -0.866. The second kappa shape index (κ2) is 8.50. The zero-order valence-corrected chi connectivity index (χ0v) is 17.6. The monoisotopic (exact) mass is 390 g/mol. The number of hydrogen-bond donors (Lipinski definition) is 1. The third-order valence-corrected chi connectivity index (χ3v) is 6.62. The second-order valence-corrected chi connectivity index (χ2v) is 9.06. The molecule has 0 aromatic heterocycles. The van der Waals surface area contributed by atoms with Crippen LogP contribution in [0.2, 0.25) is 0 Å². The average molecular weight is 391 g/mol. The number of Topliss-reactive ketones (excluding diaryl/α,β-unsaturated/α-hetero) is 2. The fourth-order valence-electron chi connectivity index (χ4n) is 4.87. The van der Waals surface area contributed by atoms with E-state index in [-0.39, 0.29) is 35.8 Å². The van der Waals surface area contributed by atoms with Gasteiger partial charge in [0.2, 0.25) is 0 Å². The van der Waals surface area contributed by atoms with Gasteiger partial charge in [-0.25, -0.2) is 0 Å². The molecule has 3 rings (SSSR count). The first-order chi connectivity index (χ1) is 13.2. The van der Waals surface area contributed by atoms with Crippen LogP contribution in [0.1, 0.15) is 72.6 Å². The fraction of sp³-hybridized carbons (Fsp3) is 0.739. The Balaban J connectivity index is 1.58. The van der Waals surface area contributed by atoms with Gasteiger partial charge in [0.05, 0.1) is 6.10 Å². The zero-order valence-electron chi connectivity index (χ0n) is 17.6. The van der Waals surface area contributed by atoms with Gasteiger partial charge < -0.3 is 14.6 Å². The summed E-state index contributed by atoms with van der Waals surface area (Å²) >= 11 is 0. The third kappa shape index (κ3) is 4.41. The molecule has 0 amide bonds. The maximum atomic E-state index is 12.4. The lowest BCUT2D eigenvalue weighted by Crippen LogP contribution is -2.43. The molecule has 1 heterocycles. The predicted octanol–water partition coefficient (Wildman–Crippen LogP) is 3.89. The van der Waals surface area contributed by atoms with E-state index in [0.717, 1.165) is 31.4 Å². The topological polar surface area (TPSA) is 72.8 Å². The summed E-state index contributed by atoms with van der Waals surface area (Å²) in [6.07, 6.45) is 7.25. The molecule has 2 aliphatic carbocycles. The Hall–Kier alpha value is -1.46. The van der Waals surface area contributed by atoms with Crippen molar-refractivity contribution in [3.63, 3.8) is 0 Å². The van der Waals surface area contributed by atoms with Crippen molar-refractivity contribution in [3.05, 3.63) is 23.0 Å². The molecule has 0 fully saturated rings. The van der Waals surface area contributed by atoms with Crippen LogP contribution >= 0.6 is 0 Å². The van der Waals surface area contributed by atoms with Gasteiger partial charge in [-0.3, -0.25) is 9.59 Å². The highest BCUT2D eigenvalue weighted by Gasteiger charge is 2.49. The molecule has 0 spiro atoms. The van der Waals surface area contributed by atoms with Crippen LogP contribution in [0.15, 0.2) is 23.0 Å². The smallest absolute Gasteiger partial charge is 0.190 e. The molecule has 28 heavy (non-hydrogen) atoms. The number of ketones is 2. The Bertz CT molecular complexity index is 691. The Kier molecular flexibility index (Phi) is 6.45. The van der Waals surface area contributed by atoms with Gasteiger partial charge in [-0.2, -0.15) is 0 Å². The van der Waals surface area contributed by atoms with E-state index < -0.39 is 6.10 Å². The lowest BCUT2D eigenvalue weighted by Gasteiger charge is -2.43. The molecule has 0 saturated carbocycles. The van der Waals surface area contributed by atoms with Crippen LogP contribution in [-0.2, 0) is 19.1 Å². The van der Waals surface area contributed by atoms with Gasteiger partial charge in [0, 0.05) is 24.3 Å². The van der Waals surface area contributed by atoms with E-state index in [1.54, 1.807) is 6.92 Å². The molecule has 0 aromatic rings. The first-order valence-corrected chi connectivity index (χ1v) is 10.7. The van der Waals surface area contributed by atoms with E-state index in [0.29, 0.717) is 30.8 Å². The summed E-state index contributed by atoms with van der Waals surface area (Å²) in [5.41, 5.74) is 1.84. The van der Waals surface area contributed by atoms with Gasteiger partial charge in [-0.1, -0.05) is 25.0 Å². The first-order valence-electron chi connectivity index (χ1n) is 10.7. The van der Waals surface area contributed by atoms with Gasteiger partial charge in [0.25, 0.3) is 0 Å². The van der Waals surface area contributed by atoms with Crippen LogP contribution in [0.4, 0.5) is 0 Å². The molecule has 5 nitrogen and oxygen atoms in total. The maximum Gasteiger partial charge on any atom is 0.190 e. The summed E-state index contributed by atoms with van der Waals surface area (Å²) in [6.45, 7) is 8.16. The van der Waals surface area contributed by atoms with Gasteiger partial charge in [-0.05, 0) is 52.4 Å². The van der Waals surface area contributed by atoms with Crippen molar-refractivity contribution < 1.29 is 24.2 Å². The van der Waals surface area contributed by atoms with Crippen molar-refractivity contribution in [2.75, 3.05) is 6.61 Å². The fourth-order valence-corrected chi connectivity index (χ4v) is 4.87. The van der Waals surface area contributed by atoms with Crippen LogP contribution in [-0.4, -0.2) is 41.1 Å². The lowest BCUT2D eigenvalue weighted by molar-refractivity contribution is -0.127. The quantitative estimate of drug-likeness (QED) is 0.637. The highest BCUT2D eigenvalue weighted by molar-refractivity contribution is 6.00. The average Bonchev–Trinajstić information content (AvgIpc) is 2.98. The van der Waals surface area contributed by atoms with Gasteiger partial charge in [-0.15, -0.1) is 0 Å². The number of ether oxygens (including phenoxy) is 2. The van der Waals surface area contributed by atoms with Gasteiger partial charge in [0.15, 0.2) is 11.6 Å². The van der Waals surface area contributed by atoms with Crippen LogP contribution < -0.4 is 0 Å². The van der Waals surface area contributed by atoms with E-state index >= 15 is 0 Å². The van der Waals surface area contributed by atoms with Crippen molar-refractivity contribution >= 4 is 11.6 Å². The molecule has 1 N–H and O–H groups in total. The summed E-state index contributed by atoms with van der Waals surface area (Å²) in [6, 6.07) is 0. The van der Waals surface area contributed by atoms with Gasteiger partial charge in [0.1, 0.15) is 24.1 Å². The third-order valence-electron chi connectivity index (χ3n) is 6.62. The molecule has 0 saturated heterocycles. The molecule has 2 unspecified atom stereocenters. The van der Waals surface area contributed by atoms with E-state index in [1.807, 2.05) is 6.92 Å². The molecule has 5 atom stereocenters. The zero-order chi connectivity index (χ0) is 20.5. The summed E-state index contributed by atoms with van der Waals surface area (Å²) in [5, 5.41) is 9.96. The molecular weight excluding hydrogens is 356 g/mol. The van der Waals surface area contributed by atoms with E-state index in [2.05, 4.69) is 19.9 Å². The number of hydrogen-bond acceptors (Lipinski definition) is 5. The largest absolute Gasteiger partial charge is 0.491 e. The minimum Gasteiger partial charge on any atom is -0.491 e. The standard InChI is InChI=1S/C23H34O5/c1-14(6-5-7-16(3)27-13-15(2)24)17-10-11-23(4)19(17)12-18-21(28-23)9-8-20(25)22(18)26/h10,14,16,19-20,25H,5-9,11-13H2,1-4H3/t14?,16?,19-,20+,23+/m1/s1. The van der Waals surface area contributed by atoms with Crippen LogP contribution in [0.25, 0.3) is 0 Å². The maximum absolute atomic E-state index is 12.4. The molecule has 0 aromatic carbocycles. The number of fused-ring (bicyclic) bond motifs is 1. The number of allylic oxidation sites excluding steroid dienone is 1.